The molecule has 30 heavy (non-hydrogen) atoms. The molecular weight excluding hydrogens is 417 g/mol. The summed E-state index contributed by atoms with van der Waals surface area (Å²) in [6.45, 7) is 11.3. The molecule has 0 spiro atoms. The van der Waals surface area contributed by atoms with Gasteiger partial charge in [-0.15, -0.1) is 11.3 Å². The molecule has 0 aliphatic rings. The first-order chi connectivity index (χ1) is 14.1. The Morgan fingerprint density at radius 2 is 1.50 bits per heavy atom. The van der Waals surface area contributed by atoms with Crippen LogP contribution in [-0.2, 0) is 12.6 Å². The minimum absolute atomic E-state index is 0.294. The molecule has 0 unspecified atom stereocenters. The molecule has 154 valence electrons. The Kier molecular flexibility index (Phi) is 5.15. The molecule has 0 N–H and O–H groups in total. The molecule has 5 heteroatoms. The van der Waals surface area contributed by atoms with Crippen molar-refractivity contribution >= 4 is 50.3 Å². The average Bonchev–Trinajstić information content (AvgIpc) is 3.05. The predicted molar refractivity (Wildman–Crippen MR) is 126 cm³/mol. The summed E-state index contributed by atoms with van der Waals surface area (Å²) >= 11 is 1.22. The average molecular weight is 441 g/mol. The first-order valence-corrected chi connectivity index (χ1v) is 14.2. The van der Waals surface area contributed by atoms with Gasteiger partial charge in [-0.2, -0.15) is 13.2 Å². The summed E-state index contributed by atoms with van der Waals surface area (Å²) < 4.78 is 41.8. The van der Waals surface area contributed by atoms with Gasteiger partial charge in [-0.25, -0.2) is 0 Å². The van der Waals surface area contributed by atoms with Crippen LogP contribution in [0.1, 0.15) is 16.7 Å². The van der Waals surface area contributed by atoms with Crippen LogP contribution in [0.3, 0.4) is 0 Å². The van der Waals surface area contributed by atoms with Gasteiger partial charge in [-0.1, -0.05) is 86.0 Å². The number of thiophene rings is 1. The Labute approximate surface area is 179 Å². The van der Waals surface area contributed by atoms with E-state index in [9.17, 15) is 13.2 Å². The lowest BCUT2D eigenvalue weighted by atomic mass is 9.98. The lowest BCUT2D eigenvalue weighted by Crippen LogP contribution is -2.40. The molecular formula is C25H23F3SSi. The van der Waals surface area contributed by atoms with Gasteiger partial charge in [0.2, 0.25) is 0 Å². The van der Waals surface area contributed by atoms with Crippen molar-refractivity contribution in [2.75, 3.05) is 0 Å². The monoisotopic (exact) mass is 440 g/mol. The van der Waals surface area contributed by atoms with Crippen molar-refractivity contribution in [1.82, 2.24) is 0 Å². The van der Waals surface area contributed by atoms with Crippen molar-refractivity contribution in [1.29, 1.82) is 0 Å². The first kappa shape index (κ1) is 20.9. The van der Waals surface area contributed by atoms with Crippen molar-refractivity contribution in [3.05, 3.63) is 83.9 Å². The van der Waals surface area contributed by atoms with Crippen molar-refractivity contribution in [3.63, 3.8) is 0 Å². The van der Waals surface area contributed by atoms with E-state index < -0.39 is 19.8 Å². The number of allylic oxidation sites excluding steroid dienone is 1. The highest BCUT2D eigenvalue weighted by molar-refractivity contribution is 7.26. The minimum atomic E-state index is -4.37. The molecule has 1 aromatic heterocycles. The van der Waals surface area contributed by atoms with Gasteiger partial charge < -0.3 is 0 Å². The second-order valence-electron chi connectivity index (χ2n) is 8.65. The van der Waals surface area contributed by atoms with Gasteiger partial charge in [0.15, 0.2) is 0 Å². The molecule has 3 aromatic carbocycles. The minimum Gasteiger partial charge on any atom is -0.166 e. The summed E-state index contributed by atoms with van der Waals surface area (Å²) in [6, 6.07) is 18.7. The van der Waals surface area contributed by atoms with E-state index in [1.54, 1.807) is 6.07 Å². The molecule has 0 aliphatic carbocycles. The topological polar surface area (TPSA) is 0 Å². The number of benzene rings is 3. The quantitative estimate of drug-likeness (QED) is 0.283. The van der Waals surface area contributed by atoms with Crippen LogP contribution >= 0.6 is 11.3 Å². The third kappa shape index (κ3) is 3.72. The Morgan fingerprint density at radius 1 is 0.867 bits per heavy atom. The zero-order chi connectivity index (χ0) is 21.7. The highest BCUT2D eigenvalue weighted by Gasteiger charge is 2.33. The molecule has 0 aliphatic heterocycles. The molecule has 4 aromatic rings. The van der Waals surface area contributed by atoms with Gasteiger partial charge >= 0.3 is 6.18 Å². The summed E-state index contributed by atoms with van der Waals surface area (Å²) in [5.74, 6) is 0. The molecule has 0 saturated heterocycles. The lowest BCUT2D eigenvalue weighted by Gasteiger charge is -2.21. The van der Waals surface area contributed by atoms with Crippen molar-refractivity contribution in [2.24, 2.45) is 0 Å². The van der Waals surface area contributed by atoms with E-state index in [0.29, 0.717) is 16.5 Å². The summed E-state index contributed by atoms with van der Waals surface area (Å²) in [5, 5.41) is 2.91. The zero-order valence-electron chi connectivity index (χ0n) is 17.2. The maximum atomic E-state index is 13.5. The van der Waals surface area contributed by atoms with Gasteiger partial charge in [0.1, 0.15) is 0 Å². The van der Waals surface area contributed by atoms with E-state index in [0.717, 1.165) is 27.3 Å². The Bertz CT molecular complexity index is 1260. The number of halogens is 3. The Morgan fingerprint density at radius 3 is 2.17 bits per heavy atom. The summed E-state index contributed by atoms with van der Waals surface area (Å²) in [4.78, 5) is 0. The molecule has 0 nitrogen and oxygen atoms in total. The molecule has 0 bridgehead atoms. The van der Waals surface area contributed by atoms with Crippen LogP contribution in [0, 0.1) is 0 Å². The number of hydrogen-bond donors (Lipinski definition) is 0. The number of rotatable bonds is 4. The largest absolute Gasteiger partial charge is 0.417 e. The molecule has 0 fully saturated rings. The maximum Gasteiger partial charge on any atom is 0.417 e. The normalized spacial score (nSPS) is 12.6. The predicted octanol–water partition coefficient (Wildman–Crippen LogP) is 7.87. The zero-order valence-corrected chi connectivity index (χ0v) is 19.0. The van der Waals surface area contributed by atoms with Gasteiger partial charge in [0, 0.05) is 20.2 Å². The fourth-order valence-electron chi connectivity index (χ4n) is 4.05. The van der Waals surface area contributed by atoms with E-state index in [1.165, 1.54) is 28.2 Å². The van der Waals surface area contributed by atoms with Crippen LogP contribution in [0.25, 0.3) is 25.7 Å². The summed E-state index contributed by atoms with van der Waals surface area (Å²) in [7, 11) is -1.52. The fraction of sp³-hybridized carbons (Fsp3) is 0.200. The fourth-order valence-corrected chi connectivity index (χ4v) is 7.18. The van der Waals surface area contributed by atoms with Crippen molar-refractivity contribution in [3.8, 4) is 0 Å². The van der Waals surface area contributed by atoms with E-state index in [4.69, 9.17) is 0 Å². The number of hydrogen-bond acceptors (Lipinski definition) is 1. The first-order valence-electron chi connectivity index (χ1n) is 9.85. The summed E-state index contributed by atoms with van der Waals surface area (Å²) in [6.07, 6.45) is -3.67. The van der Waals surface area contributed by atoms with E-state index in [-0.39, 0.29) is 0 Å². The SMILES string of the molecule is C=C(Cc1ccccc1[Si](C)(C)C)c1cccc2c1sc1c(C(F)(F)F)cccc12. The maximum absolute atomic E-state index is 13.5. The van der Waals surface area contributed by atoms with Gasteiger partial charge in [-0.05, 0) is 29.2 Å². The molecule has 0 saturated carbocycles. The molecule has 0 amide bonds. The molecule has 1 heterocycles. The van der Waals surface area contributed by atoms with Crippen LogP contribution in [0.4, 0.5) is 13.2 Å². The van der Waals surface area contributed by atoms with Crippen LogP contribution < -0.4 is 5.19 Å². The standard InChI is InChI=1S/C25H23F3SSi/c1-16(15-17-9-5-6-14-22(17)30(2,3)4)18-10-7-11-19-20-12-8-13-21(25(26,27)28)24(20)29-23(18)19/h5-14H,1,15H2,2-4H3. The third-order valence-corrected chi connectivity index (χ3v) is 8.83. The smallest absolute Gasteiger partial charge is 0.166 e. The van der Waals surface area contributed by atoms with E-state index >= 15 is 0 Å². The van der Waals surface area contributed by atoms with Crippen LogP contribution in [0.5, 0.6) is 0 Å². The Balaban J connectivity index is 1.84. The lowest BCUT2D eigenvalue weighted by molar-refractivity contribution is -0.136. The molecule has 0 atom stereocenters. The molecule has 0 radical (unpaired) electrons. The number of alkyl halides is 3. The van der Waals surface area contributed by atoms with Crippen LogP contribution in [0.2, 0.25) is 19.6 Å². The van der Waals surface area contributed by atoms with E-state index in [2.05, 4.69) is 44.4 Å². The van der Waals surface area contributed by atoms with Crippen LogP contribution in [0.15, 0.2) is 67.2 Å². The second kappa shape index (κ2) is 7.40. The van der Waals surface area contributed by atoms with Gasteiger partial charge in [0.05, 0.1) is 13.6 Å². The van der Waals surface area contributed by atoms with Crippen LogP contribution in [-0.4, -0.2) is 8.07 Å². The van der Waals surface area contributed by atoms with Gasteiger partial charge in [-0.3, -0.25) is 0 Å². The van der Waals surface area contributed by atoms with Gasteiger partial charge in [0.25, 0.3) is 0 Å². The summed E-state index contributed by atoms with van der Waals surface area (Å²) in [5.41, 5.74) is 2.57. The second-order valence-corrected chi connectivity index (χ2v) is 14.7. The Hall–Kier alpha value is -2.37. The van der Waals surface area contributed by atoms with E-state index in [1.807, 2.05) is 24.3 Å². The number of fused-ring (bicyclic) bond motifs is 3. The highest BCUT2D eigenvalue weighted by atomic mass is 32.1. The highest BCUT2D eigenvalue weighted by Crippen LogP contribution is 2.44. The van der Waals surface area contributed by atoms with Crippen molar-refractivity contribution in [2.45, 2.75) is 32.2 Å². The van der Waals surface area contributed by atoms with Crippen molar-refractivity contribution < 1.29 is 13.2 Å². The third-order valence-electron chi connectivity index (χ3n) is 5.44. The molecule has 4 rings (SSSR count).